The fourth-order valence-electron chi connectivity index (χ4n) is 0.963. The molecule has 0 aliphatic carbocycles. The summed E-state index contributed by atoms with van der Waals surface area (Å²) >= 11 is 5.76. The van der Waals surface area contributed by atoms with Crippen molar-refractivity contribution < 1.29 is 8.83 Å². The van der Waals surface area contributed by atoms with Crippen LogP contribution in [0.15, 0.2) is 43.3 Å². The fraction of sp³-hybridized carbons (Fsp3) is 0.273. The second kappa shape index (κ2) is 5.98. The number of rotatable bonds is 1. The monoisotopic (exact) mass is 242 g/mol. The van der Waals surface area contributed by atoms with Crippen LogP contribution in [0.25, 0.3) is 0 Å². The number of thioether (sulfide) groups is 1. The van der Waals surface area contributed by atoms with Crippen LogP contribution in [-0.2, 0) is 0 Å². The Kier molecular flexibility index (Phi) is 4.91. The Labute approximate surface area is 99.5 Å². The summed E-state index contributed by atoms with van der Waals surface area (Å²) in [5.41, 5.74) is 0. The van der Waals surface area contributed by atoms with E-state index in [4.69, 9.17) is 8.83 Å². The molecule has 2 heterocycles. The fourth-order valence-corrected chi connectivity index (χ4v) is 1.60. The molecule has 0 saturated heterocycles. The lowest BCUT2D eigenvalue weighted by Gasteiger charge is -1.86. The number of hydrogen-bond acceptors (Lipinski definition) is 4. The van der Waals surface area contributed by atoms with Gasteiger partial charge >= 0.3 is 0 Å². The van der Waals surface area contributed by atoms with Gasteiger partial charge in [0.05, 0.1) is 12.5 Å². The largest absolute Gasteiger partial charge is 0.468 e. The summed E-state index contributed by atoms with van der Waals surface area (Å²) in [7, 11) is 0. The highest BCUT2D eigenvalue weighted by Crippen LogP contribution is 2.19. The molecule has 0 aliphatic rings. The molecular weight excluding hydrogens is 228 g/mol. The van der Waals surface area contributed by atoms with Gasteiger partial charge in [-0.1, -0.05) is 0 Å². The lowest BCUT2D eigenvalue weighted by Crippen LogP contribution is -1.63. The minimum atomic E-state index is 0.878. The van der Waals surface area contributed by atoms with Crippen LogP contribution in [0.2, 0.25) is 0 Å². The molecule has 2 aromatic heterocycles. The minimum Gasteiger partial charge on any atom is -0.468 e. The summed E-state index contributed by atoms with van der Waals surface area (Å²) in [4.78, 5) is 2.14. The molecule has 15 heavy (non-hydrogen) atoms. The summed E-state index contributed by atoms with van der Waals surface area (Å²) in [6.07, 6.45) is 5.37. The summed E-state index contributed by atoms with van der Waals surface area (Å²) in [5.74, 6) is 1.89. The molecular formula is C11H14O2S2. The van der Waals surface area contributed by atoms with Crippen LogP contribution >= 0.6 is 24.4 Å². The molecule has 0 atom stereocenters. The van der Waals surface area contributed by atoms with Crippen LogP contribution in [0.5, 0.6) is 0 Å². The van der Waals surface area contributed by atoms with Crippen molar-refractivity contribution in [3.63, 3.8) is 0 Å². The van der Waals surface area contributed by atoms with Gasteiger partial charge in [-0.05, 0) is 32.2 Å². The molecule has 82 valence electrons. The summed E-state index contributed by atoms with van der Waals surface area (Å²) in [5, 5.41) is 0. The van der Waals surface area contributed by atoms with Gasteiger partial charge in [0, 0.05) is 9.79 Å². The van der Waals surface area contributed by atoms with E-state index in [0.717, 1.165) is 16.4 Å². The predicted molar refractivity (Wildman–Crippen MR) is 65.9 cm³/mol. The molecule has 2 aromatic rings. The Morgan fingerprint density at radius 1 is 1.07 bits per heavy atom. The second-order valence-corrected chi connectivity index (χ2v) is 4.24. The lowest BCUT2D eigenvalue weighted by atomic mass is 10.5. The molecule has 0 aliphatic heterocycles. The van der Waals surface area contributed by atoms with Gasteiger partial charge in [0.25, 0.3) is 0 Å². The summed E-state index contributed by atoms with van der Waals surface area (Å²) in [6, 6.07) is 3.79. The maximum absolute atomic E-state index is 5.03. The maximum Gasteiger partial charge on any atom is 0.114 e. The third kappa shape index (κ3) is 3.72. The van der Waals surface area contributed by atoms with E-state index in [1.807, 2.05) is 32.2 Å². The van der Waals surface area contributed by atoms with Gasteiger partial charge < -0.3 is 8.83 Å². The molecule has 0 bridgehead atoms. The van der Waals surface area contributed by atoms with Crippen LogP contribution in [-0.4, -0.2) is 6.26 Å². The first-order chi connectivity index (χ1) is 7.15. The van der Waals surface area contributed by atoms with E-state index < -0.39 is 0 Å². The zero-order valence-electron chi connectivity index (χ0n) is 8.98. The SMILES string of the molecule is CSc1ccoc1C.Cc1occc1S. The van der Waals surface area contributed by atoms with Gasteiger partial charge in [-0.2, -0.15) is 0 Å². The van der Waals surface area contributed by atoms with E-state index in [0.29, 0.717) is 0 Å². The highest BCUT2D eigenvalue weighted by molar-refractivity contribution is 7.98. The molecule has 0 radical (unpaired) electrons. The van der Waals surface area contributed by atoms with Crippen molar-refractivity contribution >= 4 is 24.4 Å². The molecule has 2 nitrogen and oxygen atoms in total. The third-order valence-corrected chi connectivity index (χ3v) is 3.19. The van der Waals surface area contributed by atoms with Gasteiger partial charge in [0.15, 0.2) is 0 Å². The zero-order valence-corrected chi connectivity index (χ0v) is 10.7. The van der Waals surface area contributed by atoms with Crippen molar-refractivity contribution in [3.05, 3.63) is 36.2 Å². The molecule has 0 amide bonds. The van der Waals surface area contributed by atoms with Crippen LogP contribution in [0.3, 0.4) is 0 Å². The van der Waals surface area contributed by atoms with E-state index in [1.54, 1.807) is 24.3 Å². The maximum atomic E-state index is 5.03. The van der Waals surface area contributed by atoms with Crippen LogP contribution in [0, 0.1) is 13.8 Å². The zero-order chi connectivity index (χ0) is 11.3. The van der Waals surface area contributed by atoms with E-state index >= 15 is 0 Å². The topological polar surface area (TPSA) is 26.3 Å². The summed E-state index contributed by atoms with van der Waals surface area (Å²) < 4.78 is 9.92. The smallest absolute Gasteiger partial charge is 0.114 e. The number of hydrogen-bond donors (Lipinski definition) is 1. The Hall–Kier alpha value is -0.740. The third-order valence-electron chi connectivity index (χ3n) is 1.86. The normalized spacial score (nSPS) is 9.60. The molecule has 0 fully saturated rings. The molecule has 4 heteroatoms. The Balaban J connectivity index is 0.000000151. The first kappa shape index (κ1) is 12.3. The van der Waals surface area contributed by atoms with Gasteiger partial charge in [0.1, 0.15) is 11.5 Å². The Bertz CT molecular complexity index is 388. The highest BCUT2D eigenvalue weighted by Gasteiger charge is 1.95. The van der Waals surface area contributed by atoms with Crippen LogP contribution < -0.4 is 0 Å². The van der Waals surface area contributed by atoms with Crippen molar-refractivity contribution in [1.82, 2.24) is 0 Å². The van der Waals surface area contributed by atoms with Crippen LogP contribution in [0.4, 0.5) is 0 Å². The van der Waals surface area contributed by atoms with Crippen molar-refractivity contribution in [1.29, 1.82) is 0 Å². The summed E-state index contributed by atoms with van der Waals surface area (Å²) in [6.45, 7) is 3.84. The van der Waals surface area contributed by atoms with Crippen LogP contribution in [0.1, 0.15) is 11.5 Å². The van der Waals surface area contributed by atoms with Gasteiger partial charge in [0.2, 0.25) is 0 Å². The molecule has 0 N–H and O–H groups in total. The second-order valence-electron chi connectivity index (χ2n) is 2.91. The van der Waals surface area contributed by atoms with Gasteiger partial charge in [-0.25, -0.2) is 0 Å². The average molecular weight is 242 g/mol. The van der Waals surface area contributed by atoms with Crippen molar-refractivity contribution in [2.75, 3.05) is 6.26 Å². The molecule has 0 spiro atoms. The number of aryl methyl sites for hydroxylation is 2. The molecule has 0 saturated carbocycles. The van der Waals surface area contributed by atoms with E-state index in [-0.39, 0.29) is 0 Å². The van der Waals surface area contributed by atoms with Crippen molar-refractivity contribution in [3.8, 4) is 0 Å². The lowest BCUT2D eigenvalue weighted by molar-refractivity contribution is 0.526. The highest BCUT2D eigenvalue weighted by atomic mass is 32.2. The minimum absolute atomic E-state index is 0.878. The van der Waals surface area contributed by atoms with E-state index in [2.05, 4.69) is 12.6 Å². The average Bonchev–Trinajstić information content (AvgIpc) is 2.78. The predicted octanol–water partition coefficient (Wildman–Crippen LogP) is 4.19. The standard InChI is InChI=1S/C6H8OS.C5H6OS/c1-5-6(8-2)3-4-7-5;1-4-5(7)2-3-6-4/h3-4H,1-2H3;2-3,7H,1H3. The molecule has 2 rings (SSSR count). The van der Waals surface area contributed by atoms with E-state index in [1.165, 1.54) is 4.90 Å². The first-order valence-electron chi connectivity index (χ1n) is 4.46. The quantitative estimate of drug-likeness (QED) is 0.600. The van der Waals surface area contributed by atoms with E-state index in [9.17, 15) is 0 Å². The molecule has 0 aromatic carbocycles. The number of thiol groups is 1. The molecule has 0 unspecified atom stereocenters. The number of furan rings is 2. The van der Waals surface area contributed by atoms with Gasteiger partial charge in [-0.15, -0.1) is 24.4 Å². The Morgan fingerprint density at radius 2 is 1.67 bits per heavy atom. The van der Waals surface area contributed by atoms with Crippen molar-refractivity contribution in [2.45, 2.75) is 23.6 Å². The van der Waals surface area contributed by atoms with Gasteiger partial charge in [-0.3, -0.25) is 0 Å². The van der Waals surface area contributed by atoms with Crippen molar-refractivity contribution in [2.24, 2.45) is 0 Å². The Morgan fingerprint density at radius 3 is 1.87 bits per heavy atom. The first-order valence-corrected chi connectivity index (χ1v) is 6.13.